The topological polar surface area (TPSA) is 69.0 Å². The number of nitrogens with zero attached hydrogens (tertiary/aromatic N) is 3. The number of aromatic nitrogens is 3. The molecular formula is C21H32N4O2Si. The second-order valence-electron chi connectivity index (χ2n) is 8.93. The molecule has 7 heteroatoms. The molecule has 2 aromatic rings. The van der Waals surface area contributed by atoms with E-state index in [4.69, 9.17) is 4.74 Å². The lowest BCUT2D eigenvalue weighted by Gasteiger charge is -2.17. The highest BCUT2D eigenvalue weighted by Gasteiger charge is 2.20. The van der Waals surface area contributed by atoms with Gasteiger partial charge in [0.25, 0.3) is 0 Å². The lowest BCUT2D eigenvalue weighted by molar-refractivity contribution is -0.119. The van der Waals surface area contributed by atoms with E-state index in [1.807, 2.05) is 23.9 Å². The van der Waals surface area contributed by atoms with Crippen molar-refractivity contribution in [3.63, 3.8) is 0 Å². The van der Waals surface area contributed by atoms with Gasteiger partial charge >= 0.3 is 0 Å². The Morgan fingerprint density at radius 1 is 1.32 bits per heavy atom. The third kappa shape index (κ3) is 5.51. The van der Waals surface area contributed by atoms with Crippen LogP contribution in [-0.2, 0) is 22.7 Å². The number of carbonyl (C=O) groups excluding carboxylic acids is 1. The molecule has 3 heterocycles. The van der Waals surface area contributed by atoms with Gasteiger partial charge in [-0.25, -0.2) is 4.68 Å². The molecule has 0 radical (unpaired) electrons. The molecule has 0 spiro atoms. The number of pyridine rings is 1. The van der Waals surface area contributed by atoms with Gasteiger partial charge in [0, 0.05) is 38.1 Å². The van der Waals surface area contributed by atoms with Crippen molar-refractivity contribution >= 4 is 19.7 Å². The Morgan fingerprint density at radius 2 is 2.14 bits per heavy atom. The van der Waals surface area contributed by atoms with Crippen molar-refractivity contribution in [1.82, 2.24) is 14.8 Å². The molecule has 0 unspecified atom stereocenters. The summed E-state index contributed by atoms with van der Waals surface area (Å²) in [6.45, 7) is 10.1. The number of carbonyl (C=O) groups is 1. The van der Waals surface area contributed by atoms with Gasteiger partial charge in [0.1, 0.15) is 6.73 Å². The Balaban J connectivity index is 1.88. The first-order chi connectivity index (χ1) is 13.3. The Kier molecular flexibility index (Phi) is 6.67. The van der Waals surface area contributed by atoms with Crippen LogP contribution in [0.3, 0.4) is 0 Å². The van der Waals surface area contributed by atoms with Crippen molar-refractivity contribution in [3.05, 3.63) is 30.2 Å². The number of rotatable bonds is 5. The van der Waals surface area contributed by atoms with Crippen molar-refractivity contribution in [3.8, 4) is 11.3 Å². The molecule has 152 valence electrons. The van der Waals surface area contributed by atoms with Gasteiger partial charge in [0.15, 0.2) is 0 Å². The van der Waals surface area contributed by atoms with Crippen LogP contribution in [0.4, 0.5) is 5.69 Å². The van der Waals surface area contributed by atoms with Gasteiger partial charge in [-0.3, -0.25) is 9.78 Å². The van der Waals surface area contributed by atoms with E-state index in [-0.39, 0.29) is 11.8 Å². The van der Waals surface area contributed by atoms with Crippen LogP contribution in [0.25, 0.3) is 11.3 Å². The summed E-state index contributed by atoms with van der Waals surface area (Å²) in [5, 5.41) is 7.58. The monoisotopic (exact) mass is 400 g/mol. The number of nitrogens with one attached hydrogen (secondary N) is 1. The van der Waals surface area contributed by atoms with Gasteiger partial charge in [-0.15, -0.1) is 0 Å². The molecule has 1 N–H and O–H groups in total. The summed E-state index contributed by atoms with van der Waals surface area (Å²) in [6.07, 6.45) is 7.45. The van der Waals surface area contributed by atoms with Crippen LogP contribution in [0.15, 0.2) is 24.5 Å². The Morgan fingerprint density at radius 3 is 2.93 bits per heavy atom. The van der Waals surface area contributed by atoms with Crippen molar-refractivity contribution in [2.45, 2.75) is 65.0 Å². The third-order valence-corrected chi connectivity index (χ3v) is 6.87. The Bertz CT molecular complexity index is 813. The predicted octanol–water partition coefficient (Wildman–Crippen LogP) is 4.56. The van der Waals surface area contributed by atoms with Crippen LogP contribution in [0.5, 0.6) is 0 Å². The maximum atomic E-state index is 12.6. The number of anilines is 1. The molecule has 6 nitrogen and oxygen atoms in total. The summed E-state index contributed by atoms with van der Waals surface area (Å²) < 4.78 is 7.76. The second kappa shape index (κ2) is 9.00. The molecule has 1 aliphatic rings. The minimum atomic E-state index is -1.13. The average Bonchev–Trinajstić information content (AvgIpc) is 3.03. The lowest BCUT2D eigenvalue weighted by atomic mass is 10.00. The smallest absolute Gasteiger partial charge is 0.227 e. The van der Waals surface area contributed by atoms with Crippen molar-refractivity contribution in [2.75, 3.05) is 11.9 Å². The van der Waals surface area contributed by atoms with Gasteiger partial charge in [-0.1, -0.05) is 33.0 Å². The average molecular weight is 401 g/mol. The molecule has 0 saturated carbocycles. The van der Waals surface area contributed by atoms with Crippen LogP contribution in [0.1, 0.15) is 31.9 Å². The SMILES string of the molecule is C[C@@H]1CCCCc2cc(ccn2)-c2c(cnn2COCC[Si](C)(C)C)NC1=O. The van der Waals surface area contributed by atoms with Crippen LogP contribution in [0, 0.1) is 5.92 Å². The molecular weight excluding hydrogens is 368 g/mol. The summed E-state index contributed by atoms with van der Waals surface area (Å²) in [5.74, 6) is 0.0326. The van der Waals surface area contributed by atoms with Gasteiger partial charge in [-0.2, -0.15) is 5.10 Å². The molecule has 3 rings (SSSR count). The standard InChI is InChI=1S/C21H32N4O2Si/c1-16-7-5-6-8-18-13-17(9-10-22-18)20-19(24-21(16)26)14-23-25(20)15-27-11-12-28(2,3)4/h9-10,13-14,16H,5-8,11-12,15H2,1-4H3,(H,24,26)/t16-/m1/s1. The largest absolute Gasteiger partial charge is 0.360 e. The molecule has 1 aliphatic heterocycles. The van der Waals surface area contributed by atoms with Crippen molar-refractivity contribution in [1.29, 1.82) is 0 Å². The number of hydrogen-bond donors (Lipinski definition) is 1. The van der Waals surface area contributed by atoms with E-state index >= 15 is 0 Å². The van der Waals surface area contributed by atoms with Crippen LogP contribution in [0.2, 0.25) is 25.7 Å². The van der Waals surface area contributed by atoms with E-state index < -0.39 is 8.07 Å². The molecule has 2 aromatic heterocycles. The maximum Gasteiger partial charge on any atom is 0.227 e. The summed E-state index contributed by atoms with van der Waals surface area (Å²) in [6, 6.07) is 5.20. The fourth-order valence-electron chi connectivity index (χ4n) is 3.31. The van der Waals surface area contributed by atoms with Crippen molar-refractivity contribution < 1.29 is 9.53 Å². The first-order valence-electron chi connectivity index (χ1n) is 10.2. The van der Waals surface area contributed by atoms with E-state index in [1.165, 1.54) is 0 Å². The number of amides is 1. The molecule has 2 bridgehead atoms. The van der Waals surface area contributed by atoms with Crippen LogP contribution < -0.4 is 5.32 Å². The first-order valence-corrected chi connectivity index (χ1v) is 13.9. The third-order valence-electron chi connectivity index (χ3n) is 5.16. The highest BCUT2D eigenvalue weighted by molar-refractivity contribution is 6.76. The zero-order valence-corrected chi connectivity index (χ0v) is 18.5. The summed E-state index contributed by atoms with van der Waals surface area (Å²) in [7, 11) is -1.13. The second-order valence-corrected chi connectivity index (χ2v) is 14.5. The van der Waals surface area contributed by atoms with E-state index in [1.54, 1.807) is 6.20 Å². The lowest BCUT2D eigenvalue weighted by Crippen LogP contribution is -2.22. The zero-order chi connectivity index (χ0) is 20.1. The fourth-order valence-corrected chi connectivity index (χ4v) is 4.07. The summed E-state index contributed by atoms with van der Waals surface area (Å²) >= 11 is 0. The molecule has 0 fully saturated rings. The van der Waals surface area contributed by atoms with Gasteiger partial charge in [0.05, 0.1) is 17.6 Å². The zero-order valence-electron chi connectivity index (χ0n) is 17.5. The number of hydrogen-bond acceptors (Lipinski definition) is 4. The Hall–Kier alpha value is -1.99. The maximum absolute atomic E-state index is 12.6. The highest BCUT2D eigenvalue weighted by Crippen LogP contribution is 2.30. The van der Waals surface area contributed by atoms with Gasteiger partial charge < -0.3 is 10.1 Å². The van der Waals surface area contributed by atoms with Crippen molar-refractivity contribution in [2.24, 2.45) is 5.92 Å². The molecule has 28 heavy (non-hydrogen) atoms. The summed E-state index contributed by atoms with van der Waals surface area (Å²) in [5.41, 5.74) is 3.72. The molecule has 0 aliphatic carbocycles. The van der Waals surface area contributed by atoms with Crippen LogP contribution in [-0.4, -0.2) is 35.4 Å². The minimum absolute atomic E-state index is 0.0186. The van der Waals surface area contributed by atoms with E-state index in [2.05, 4.69) is 41.1 Å². The normalized spacial score (nSPS) is 18.0. The highest BCUT2D eigenvalue weighted by atomic mass is 28.3. The minimum Gasteiger partial charge on any atom is -0.360 e. The predicted molar refractivity (Wildman–Crippen MR) is 115 cm³/mol. The number of aryl methyl sites for hydroxylation is 1. The van der Waals surface area contributed by atoms with E-state index in [0.717, 1.165) is 61.0 Å². The summed E-state index contributed by atoms with van der Waals surface area (Å²) in [4.78, 5) is 17.1. The fraction of sp³-hybridized carbons (Fsp3) is 0.571. The molecule has 0 saturated heterocycles. The molecule has 1 atom stereocenters. The quantitative estimate of drug-likeness (QED) is 0.590. The Labute approximate surface area is 168 Å². The number of fused-ring (bicyclic) bond motifs is 4. The van der Waals surface area contributed by atoms with Gasteiger partial charge in [-0.05, 0) is 37.4 Å². The van der Waals surface area contributed by atoms with Gasteiger partial charge in [0.2, 0.25) is 5.91 Å². The van der Waals surface area contributed by atoms with E-state index in [0.29, 0.717) is 6.73 Å². The van der Waals surface area contributed by atoms with E-state index in [9.17, 15) is 4.79 Å². The first kappa shape index (κ1) is 20.7. The molecule has 1 amide bonds. The van der Waals surface area contributed by atoms with Crippen LogP contribution >= 0.6 is 0 Å². The number of ether oxygens (including phenoxy) is 1. The molecule has 0 aromatic carbocycles.